The molecule has 26 heavy (non-hydrogen) atoms. The summed E-state index contributed by atoms with van der Waals surface area (Å²) in [5.41, 5.74) is 2.27. The van der Waals surface area contributed by atoms with Gasteiger partial charge in [0.1, 0.15) is 18.1 Å². The van der Waals surface area contributed by atoms with E-state index in [2.05, 4.69) is 12.2 Å². The number of nitrogens with one attached hydrogen (secondary N) is 1. The summed E-state index contributed by atoms with van der Waals surface area (Å²) in [4.78, 5) is 12.5. The number of hydrogen-bond donors (Lipinski definition) is 1. The molecular formula is C21H27NO4. The summed E-state index contributed by atoms with van der Waals surface area (Å²) >= 11 is 0. The third kappa shape index (κ3) is 6.08. The average Bonchev–Trinajstić information content (AvgIpc) is 2.64. The summed E-state index contributed by atoms with van der Waals surface area (Å²) in [6.07, 6.45) is 2.13. The van der Waals surface area contributed by atoms with Crippen molar-refractivity contribution in [2.24, 2.45) is 0 Å². The highest BCUT2D eigenvalue weighted by atomic mass is 16.5. The Morgan fingerprint density at radius 2 is 1.77 bits per heavy atom. The number of aryl methyl sites for hydroxylation is 1. The van der Waals surface area contributed by atoms with E-state index < -0.39 is 0 Å². The average molecular weight is 357 g/mol. The molecule has 0 aliphatic rings. The standard InChI is InChI=1S/C21H27NO4/c1-4-5-11-25-19-9-10-20(16(2)14-19)22-21(23)17-7-6-8-18(15-17)26-13-12-24-3/h6-10,14-15H,4-5,11-13H2,1-3H3,(H,22,23). The Balaban J connectivity index is 1.99. The molecule has 2 aromatic carbocycles. The minimum atomic E-state index is -0.176. The highest BCUT2D eigenvalue weighted by molar-refractivity contribution is 6.04. The maximum absolute atomic E-state index is 12.5. The van der Waals surface area contributed by atoms with Crippen LogP contribution in [0.25, 0.3) is 0 Å². The molecule has 5 nitrogen and oxygen atoms in total. The molecule has 0 atom stereocenters. The fourth-order valence-corrected chi connectivity index (χ4v) is 2.37. The lowest BCUT2D eigenvalue weighted by molar-refractivity contribution is 0.102. The van der Waals surface area contributed by atoms with Crippen molar-refractivity contribution in [1.29, 1.82) is 0 Å². The van der Waals surface area contributed by atoms with Gasteiger partial charge in [-0.25, -0.2) is 0 Å². The van der Waals surface area contributed by atoms with Crippen LogP contribution in [-0.4, -0.2) is 32.8 Å². The van der Waals surface area contributed by atoms with Gasteiger partial charge in [0.25, 0.3) is 5.91 Å². The predicted octanol–water partition coefficient (Wildman–Crippen LogP) is 4.45. The number of amides is 1. The Hall–Kier alpha value is -2.53. The Kier molecular flexibility index (Phi) is 7.96. The van der Waals surface area contributed by atoms with Crippen LogP contribution in [0.1, 0.15) is 35.7 Å². The van der Waals surface area contributed by atoms with E-state index in [9.17, 15) is 4.79 Å². The maximum Gasteiger partial charge on any atom is 0.255 e. The van der Waals surface area contributed by atoms with E-state index in [4.69, 9.17) is 14.2 Å². The van der Waals surface area contributed by atoms with Gasteiger partial charge < -0.3 is 19.5 Å². The molecule has 5 heteroatoms. The third-order valence-corrected chi connectivity index (χ3v) is 3.87. The predicted molar refractivity (Wildman–Crippen MR) is 103 cm³/mol. The number of carbonyl (C=O) groups excluding carboxylic acids is 1. The van der Waals surface area contributed by atoms with E-state index in [1.165, 1.54) is 0 Å². The summed E-state index contributed by atoms with van der Waals surface area (Å²) in [5.74, 6) is 1.29. The van der Waals surface area contributed by atoms with Gasteiger partial charge in [0, 0.05) is 18.4 Å². The Morgan fingerprint density at radius 3 is 2.50 bits per heavy atom. The van der Waals surface area contributed by atoms with Crippen molar-refractivity contribution in [1.82, 2.24) is 0 Å². The lowest BCUT2D eigenvalue weighted by Crippen LogP contribution is -2.13. The lowest BCUT2D eigenvalue weighted by atomic mass is 10.1. The fraction of sp³-hybridized carbons (Fsp3) is 0.381. The minimum Gasteiger partial charge on any atom is -0.494 e. The van der Waals surface area contributed by atoms with Crippen molar-refractivity contribution >= 4 is 11.6 Å². The minimum absolute atomic E-state index is 0.176. The van der Waals surface area contributed by atoms with Crippen LogP contribution in [0.3, 0.4) is 0 Å². The van der Waals surface area contributed by atoms with Gasteiger partial charge in [0.15, 0.2) is 0 Å². The monoisotopic (exact) mass is 357 g/mol. The molecule has 0 bridgehead atoms. The number of rotatable bonds is 10. The first-order chi connectivity index (χ1) is 12.6. The lowest BCUT2D eigenvalue weighted by Gasteiger charge is -2.12. The van der Waals surface area contributed by atoms with Gasteiger partial charge in [-0.05, 0) is 55.3 Å². The van der Waals surface area contributed by atoms with Crippen LogP contribution >= 0.6 is 0 Å². The van der Waals surface area contributed by atoms with Crippen LogP contribution in [0.4, 0.5) is 5.69 Å². The van der Waals surface area contributed by atoms with E-state index in [0.29, 0.717) is 31.1 Å². The summed E-state index contributed by atoms with van der Waals surface area (Å²) in [6, 6.07) is 12.8. The third-order valence-electron chi connectivity index (χ3n) is 3.87. The summed E-state index contributed by atoms with van der Waals surface area (Å²) < 4.78 is 16.2. The SMILES string of the molecule is CCCCOc1ccc(NC(=O)c2cccc(OCCOC)c2)c(C)c1. The highest BCUT2D eigenvalue weighted by Gasteiger charge is 2.09. The molecule has 1 amide bonds. The number of carbonyl (C=O) groups is 1. The first-order valence-corrected chi connectivity index (χ1v) is 8.90. The van der Waals surface area contributed by atoms with Crippen LogP contribution in [0.5, 0.6) is 11.5 Å². The molecule has 0 heterocycles. The van der Waals surface area contributed by atoms with Crippen molar-refractivity contribution in [3.63, 3.8) is 0 Å². The Morgan fingerprint density at radius 1 is 1.00 bits per heavy atom. The Bertz CT molecular complexity index is 715. The number of hydrogen-bond acceptors (Lipinski definition) is 4. The molecular weight excluding hydrogens is 330 g/mol. The van der Waals surface area contributed by atoms with E-state index in [0.717, 1.165) is 29.8 Å². The van der Waals surface area contributed by atoms with Gasteiger partial charge in [0.05, 0.1) is 13.2 Å². The van der Waals surface area contributed by atoms with Crippen LogP contribution in [-0.2, 0) is 4.74 Å². The molecule has 140 valence electrons. The maximum atomic E-state index is 12.5. The molecule has 0 spiro atoms. The molecule has 0 aliphatic carbocycles. The van der Waals surface area contributed by atoms with E-state index in [1.54, 1.807) is 25.3 Å². The zero-order chi connectivity index (χ0) is 18.8. The van der Waals surface area contributed by atoms with Crippen molar-refractivity contribution in [2.45, 2.75) is 26.7 Å². The number of ether oxygens (including phenoxy) is 3. The molecule has 1 N–H and O–H groups in total. The van der Waals surface area contributed by atoms with Crippen LogP contribution < -0.4 is 14.8 Å². The van der Waals surface area contributed by atoms with Gasteiger partial charge in [-0.3, -0.25) is 4.79 Å². The second kappa shape index (κ2) is 10.5. The van der Waals surface area contributed by atoms with Crippen molar-refractivity contribution in [2.75, 3.05) is 32.2 Å². The van der Waals surface area contributed by atoms with Gasteiger partial charge in [0.2, 0.25) is 0 Å². The second-order valence-electron chi connectivity index (χ2n) is 6.00. The Labute approximate surface area is 155 Å². The zero-order valence-corrected chi connectivity index (χ0v) is 15.7. The van der Waals surface area contributed by atoms with Gasteiger partial charge >= 0.3 is 0 Å². The van der Waals surface area contributed by atoms with Crippen LogP contribution in [0, 0.1) is 6.92 Å². The fourth-order valence-electron chi connectivity index (χ4n) is 2.37. The molecule has 0 fully saturated rings. The van der Waals surface area contributed by atoms with Crippen LogP contribution in [0.15, 0.2) is 42.5 Å². The van der Waals surface area contributed by atoms with E-state index >= 15 is 0 Å². The quantitative estimate of drug-likeness (QED) is 0.638. The summed E-state index contributed by atoms with van der Waals surface area (Å²) in [6.45, 7) is 5.73. The number of methoxy groups -OCH3 is 1. The van der Waals surface area contributed by atoms with Crippen molar-refractivity contribution in [3.05, 3.63) is 53.6 Å². The topological polar surface area (TPSA) is 56.8 Å². The molecule has 2 aromatic rings. The van der Waals surface area contributed by atoms with Gasteiger partial charge in [-0.15, -0.1) is 0 Å². The smallest absolute Gasteiger partial charge is 0.255 e. The number of unbranched alkanes of at least 4 members (excludes halogenated alkanes) is 1. The first kappa shape index (κ1) is 19.8. The molecule has 0 saturated heterocycles. The molecule has 0 aliphatic heterocycles. The second-order valence-corrected chi connectivity index (χ2v) is 6.00. The zero-order valence-electron chi connectivity index (χ0n) is 15.7. The van der Waals surface area contributed by atoms with Gasteiger partial charge in [-0.2, -0.15) is 0 Å². The molecule has 0 unspecified atom stereocenters. The normalized spacial score (nSPS) is 10.4. The molecule has 0 aromatic heterocycles. The van der Waals surface area contributed by atoms with Gasteiger partial charge in [-0.1, -0.05) is 19.4 Å². The van der Waals surface area contributed by atoms with Crippen molar-refractivity contribution in [3.8, 4) is 11.5 Å². The van der Waals surface area contributed by atoms with E-state index in [1.807, 2.05) is 31.2 Å². The summed E-state index contributed by atoms with van der Waals surface area (Å²) in [7, 11) is 1.62. The summed E-state index contributed by atoms with van der Waals surface area (Å²) in [5, 5.41) is 2.94. The molecule has 0 radical (unpaired) electrons. The van der Waals surface area contributed by atoms with Crippen molar-refractivity contribution < 1.29 is 19.0 Å². The molecule has 2 rings (SSSR count). The number of benzene rings is 2. The molecule has 0 saturated carbocycles. The highest BCUT2D eigenvalue weighted by Crippen LogP contribution is 2.23. The first-order valence-electron chi connectivity index (χ1n) is 8.90. The number of anilines is 1. The van der Waals surface area contributed by atoms with Crippen LogP contribution in [0.2, 0.25) is 0 Å². The van der Waals surface area contributed by atoms with E-state index in [-0.39, 0.29) is 5.91 Å². The largest absolute Gasteiger partial charge is 0.494 e.